The fourth-order valence-electron chi connectivity index (χ4n) is 0.606. The van der Waals surface area contributed by atoms with Gasteiger partial charge in [0, 0.05) is 0 Å². The number of unbranched alkanes of at least 4 members (excludes halogenated alkanes) is 1. The zero-order valence-corrected chi connectivity index (χ0v) is 8.10. The second-order valence-corrected chi connectivity index (χ2v) is 2.80. The fourth-order valence-corrected chi connectivity index (χ4v) is 0.606. The van der Waals surface area contributed by atoms with E-state index < -0.39 is 0 Å². The maximum Gasteiger partial charge on any atom is 0.123 e. The minimum absolute atomic E-state index is 0.162. The number of aryl methyl sites for hydroxylation is 1. The first-order chi connectivity index (χ1) is 5.70. The monoisotopic (exact) mass is 168 g/mol. The lowest BCUT2D eigenvalue weighted by Gasteiger charge is -1.87. The Labute approximate surface area is 74.4 Å². The molecule has 1 aromatic rings. The van der Waals surface area contributed by atoms with Crippen molar-refractivity contribution in [1.82, 2.24) is 0 Å². The fraction of sp³-hybridized carbons (Fsp3) is 0.455. The van der Waals surface area contributed by atoms with Crippen LogP contribution in [0.15, 0.2) is 24.3 Å². The highest BCUT2D eigenvalue weighted by Crippen LogP contribution is 1.99. The van der Waals surface area contributed by atoms with Crippen LogP contribution in [0.4, 0.5) is 4.39 Å². The predicted molar refractivity (Wildman–Crippen MR) is 51.7 cm³/mol. The van der Waals surface area contributed by atoms with Crippen molar-refractivity contribution in [2.45, 2.75) is 33.6 Å². The number of hydrogen-bond acceptors (Lipinski definition) is 0. The van der Waals surface area contributed by atoms with Crippen molar-refractivity contribution in [1.29, 1.82) is 0 Å². The van der Waals surface area contributed by atoms with Crippen LogP contribution in [0.5, 0.6) is 0 Å². The van der Waals surface area contributed by atoms with Crippen LogP contribution in [-0.4, -0.2) is 0 Å². The summed E-state index contributed by atoms with van der Waals surface area (Å²) in [5.74, 6) is -0.162. The van der Waals surface area contributed by atoms with E-state index in [2.05, 4.69) is 13.8 Å². The molecule has 0 heterocycles. The van der Waals surface area contributed by atoms with Crippen molar-refractivity contribution in [2.75, 3.05) is 0 Å². The molecule has 1 aromatic carbocycles. The van der Waals surface area contributed by atoms with Crippen LogP contribution in [-0.2, 0) is 0 Å². The van der Waals surface area contributed by atoms with Gasteiger partial charge in [-0.25, -0.2) is 4.39 Å². The minimum Gasteiger partial charge on any atom is -0.207 e. The maximum absolute atomic E-state index is 12.2. The quantitative estimate of drug-likeness (QED) is 0.595. The molecule has 0 amide bonds. The number of benzene rings is 1. The molecule has 0 spiro atoms. The number of halogens is 1. The lowest BCUT2D eigenvalue weighted by molar-refractivity contribution is 0.626. The van der Waals surface area contributed by atoms with Gasteiger partial charge in [0.05, 0.1) is 0 Å². The predicted octanol–water partition coefficient (Wildman–Crippen LogP) is 3.94. The molecule has 12 heavy (non-hydrogen) atoms. The van der Waals surface area contributed by atoms with Gasteiger partial charge in [-0.05, 0) is 24.6 Å². The summed E-state index contributed by atoms with van der Waals surface area (Å²) in [6.45, 7) is 6.23. The summed E-state index contributed by atoms with van der Waals surface area (Å²) in [5.41, 5.74) is 0.963. The molecule has 0 aliphatic rings. The van der Waals surface area contributed by atoms with Gasteiger partial charge >= 0.3 is 0 Å². The highest BCUT2D eigenvalue weighted by atomic mass is 19.1. The Kier molecular flexibility index (Phi) is 6.35. The lowest BCUT2D eigenvalue weighted by Crippen LogP contribution is -1.72. The van der Waals surface area contributed by atoms with Gasteiger partial charge in [0.15, 0.2) is 0 Å². The summed E-state index contributed by atoms with van der Waals surface area (Å²) in [7, 11) is 0. The molecule has 0 aliphatic carbocycles. The van der Waals surface area contributed by atoms with Crippen LogP contribution in [0, 0.1) is 12.7 Å². The third-order valence-corrected chi connectivity index (χ3v) is 1.48. The Morgan fingerprint density at radius 2 is 1.75 bits per heavy atom. The van der Waals surface area contributed by atoms with E-state index in [-0.39, 0.29) is 5.82 Å². The van der Waals surface area contributed by atoms with E-state index in [0.717, 1.165) is 5.56 Å². The van der Waals surface area contributed by atoms with Gasteiger partial charge in [0.2, 0.25) is 0 Å². The first kappa shape index (κ1) is 11.2. The third kappa shape index (κ3) is 5.90. The lowest BCUT2D eigenvalue weighted by atomic mass is 10.2. The first-order valence-corrected chi connectivity index (χ1v) is 4.42. The standard InChI is InChI=1S/C7H7F.C4H10/c1-6-3-2-4-7(8)5-6;1-3-4-2/h2-5H,1H3;3-4H2,1-2H3. The summed E-state index contributed by atoms with van der Waals surface area (Å²) in [4.78, 5) is 0. The average molecular weight is 168 g/mol. The van der Waals surface area contributed by atoms with Gasteiger partial charge in [0.25, 0.3) is 0 Å². The van der Waals surface area contributed by atoms with E-state index in [1.807, 2.05) is 13.0 Å². The van der Waals surface area contributed by atoms with Crippen LogP contribution in [0.25, 0.3) is 0 Å². The van der Waals surface area contributed by atoms with E-state index in [1.54, 1.807) is 6.07 Å². The van der Waals surface area contributed by atoms with Crippen molar-refractivity contribution in [3.63, 3.8) is 0 Å². The van der Waals surface area contributed by atoms with E-state index >= 15 is 0 Å². The molecule has 0 N–H and O–H groups in total. The Hall–Kier alpha value is -0.850. The van der Waals surface area contributed by atoms with Crippen molar-refractivity contribution >= 4 is 0 Å². The molecule has 0 radical (unpaired) electrons. The van der Waals surface area contributed by atoms with Crippen molar-refractivity contribution in [2.24, 2.45) is 0 Å². The van der Waals surface area contributed by atoms with Gasteiger partial charge in [-0.3, -0.25) is 0 Å². The highest BCUT2D eigenvalue weighted by molar-refractivity contribution is 5.13. The average Bonchev–Trinajstić information content (AvgIpc) is 2.04. The van der Waals surface area contributed by atoms with E-state index in [4.69, 9.17) is 0 Å². The Balaban J connectivity index is 0.000000261. The van der Waals surface area contributed by atoms with Gasteiger partial charge in [0.1, 0.15) is 5.82 Å². The third-order valence-electron chi connectivity index (χ3n) is 1.48. The summed E-state index contributed by atoms with van der Waals surface area (Å²) in [6.07, 6.45) is 2.64. The molecule has 0 saturated carbocycles. The summed E-state index contributed by atoms with van der Waals surface area (Å²) < 4.78 is 12.2. The van der Waals surface area contributed by atoms with Crippen LogP contribution in [0.1, 0.15) is 32.3 Å². The molecule has 0 nitrogen and oxygen atoms in total. The largest absolute Gasteiger partial charge is 0.207 e. The molecule has 0 aliphatic heterocycles. The summed E-state index contributed by atoms with van der Waals surface area (Å²) in [6, 6.07) is 6.50. The maximum atomic E-state index is 12.2. The molecule has 0 fully saturated rings. The van der Waals surface area contributed by atoms with Crippen molar-refractivity contribution in [3.05, 3.63) is 35.6 Å². The minimum atomic E-state index is -0.162. The second kappa shape index (κ2) is 6.84. The molecule has 68 valence electrons. The van der Waals surface area contributed by atoms with E-state index in [1.165, 1.54) is 25.0 Å². The zero-order valence-electron chi connectivity index (χ0n) is 8.10. The molecule has 0 unspecified atom stereocenters. The smallest absolute Gasteiger partial charge is 0.123 e. The van der Waals surface area contributed by atoms with Crippen LogP contribution in [0.3, 0.4) is 0 Å². The zero-order chi connectivity index (χ0) is 9.40. The SMILES string of the molecule is CCCC.Cc1cccc(F)c1. The number of hydrogen-bond donors (Lipinski definition) is 0. The van der Waals surface area contributed by atoms with Gasteiger partial charge < -0.3 is 0 Å². The molecule has 1 rings (SSSR count). The van der Waals surface area contributed by atoms with E-state index in [0.29, 0.717) is 0 Å². The summed E-state index contributed by atoms with van der Waals surface area (Å²) >= 11 is 0. The Morgan fingerprint density at radius 3 is 2.00 bits per heavy atom. The Morgan fingerprint density at radius 1 is 1.17 bits per heavy atom. The molecule has 0 bridgehead atoms. The topological polar surface area (TPSA) is 0 Å². The second-order valence-electron chi connectivity index (χ2n) is 2.80. The molecule has 0 atom stereocenters. The first-order valence-electron chi connectivity index (χ1n) is 4.42. The molecule has 0 saturated heterocycles. The van der Waals surface area contributed by atoms with Gasteiger partial charge in [-0.1, -0.05) is 38.8 Å². The molecular formula is C11H17F. The number of rotatable bonds is 1. The molecule has 0 aromatic heterocycles. The summed E-state index contributed by atoms with van der Waals surface area (Å²) in [5, 5.41) is 0. The van der Waals surface area contributed by atoms with Crippen LogP contribution < -0.4 is 0 Å². The highest BCUT2D eigenvalue weighted by Gasteiger charge is 1.84. The Bertz CT molecular complexity index is 187. The molecular weight excluding hydrogens is 151 g/mol. The van der Waals surface area contributed by atoms with E-state index in [9.17, 15) is 4.39 Å². The van der Waals surface area contributed by atoms with Crippen LogP contribution in [0.2, 0.25) is 0 Å². The molecule has 1 heteroatoms. The van der Waals surface area contributed by atoms with Crippen LogP contribution >= 0.6 is 0 Å². The van der Waals surface area contributed by atoms with Gasteiger partial charge in [-0.15, -0.1) is 0 Å². The normalized spacial score (nSPS) is 8.67. The van der Waals surface area contributed by atoms with Gasteiger partial charge in [-0.2, -0.15) is 0 Å². The van der Waals surface area contributed by atoms with Crippen molar-refractivity contribution < 1.29 is 4.39 Å². The van der Waals surface area contributed by atoms with Crippen molar-refractivity contribution in [3.8, 4) is 0 Å².